The summed E-state index contributed by atoms with van der Waals surface area (Å²) in [6.07, 6.45) is 6.50. The minimum Gasteiger partial charge on any atom is -0.464 e. The molecule has 0 spiro atoms. The molecule has 5 rings (SSSR count). The van der Waals surface area contributed by atoms with Crippen LogP contribution in [0.4, 0.5) is 0 Å². The Bertz CT molecular complexity index is 803. The molecule has 5 aliphatic rings. The second-order valence-corrected chi connectivity index (χ2v) is 13.7. The molecule has 0 amide bonds. The first-order chi connectivity index (χ1) is 17.6. The third kappa shape index (κ3) is 5.13. The molecule has 1 aliphatic heterocycles. The van der Waals surface area contributed by atoms with Gasteiger partial charge in [0.1, 0.15) is 6.61 Å². The molecule has 1 heterocycles. The summed E-state index contributed by atoms with van der Waals surface area (Å²) in [5.41, 5.74) is -0.126. The number of fused-ring (bicyclic) bond motifs is 5. The van der Waals surface area contributed by atoms with E-state index in [1.165, 1.54) is 0 Å². The summed E-state index contributed by atoms with van der Waals surface area (Å²) in [6, 6.07) is 0. The smallest absolute Gasteiger partial charge is 0.305 e. The SMILES string of the molecule is CC(CCC(=O)OCCN1CCOCC1)[C@H]1CC[C@H]2[C@@H]3C(O)C[C@@H]4CC(O)CC[C@]4(C)[C@H]3CC(O)[C@]12C. The Morgan fingerprint density at radius 1 is 1.05 bits per heavy atom. The topological polar surface area (TPSA) is 99.5 Å². The van der Waals surface area contributed by atoms with Crippen LogP contribution in [-0.2, 0) is 14.3 Å². The van der Waals surface area contributed by atoms with Crippen molar-refractivity contribution in [3.8, 4) is 0 Å². The van der Waals surface area contributed by atoms with Gasteiger partial charge in [-0.2, -0.15) is 0 Å². The Morgan fingerprint density at radius 2 is 1.81 bits per heavy atom. The van der Waals surface area contributed by atoms with E-state index in [2.05, 4.69) is 25.7 Å². The van der Waals surface area contributed by atoms with Crippen LogP contribution in [-0.4, -0.2) is 84.0 Å². The van der Waals surface area contributed by atoms with Crippen LogP contribution in [0.25, 0.3) is 0 Å². The van der Waals surface area contributed by atoms with E-state index < -0.39 is 0 Å². The number of esters is 1. The van der Waals surface area contributed by atoms with E-state index in [4.69, 9.17) is 9.47 Å². The standard InChI is InChI=1S/C30H51NO6/c1-19(4-7-27(35)37-15-12-31-10-13-36-14-11-31)22-5-6-23-28-24(18-26(34)30(22,23)3)29(2)9-8-21(32)16-20(29)17-25(28)33/h19-26,28,32-34H,4-18H2,1-3H3/t19?,20-,21?,22+,23-,24-,25?,26?,28-,29-,30+/m0/s1. The van der Waals surface area contributed by atoms with Crippen molar-refractivity contribution >= 4 is 5.97 Å². The zero-order valence-electron chi connectivity index (χ0n) is 23.3. The van der Waals surface area contributed by atoms with Crippen LogP contribution in [0, 0.1) is 46.3 Å². The molecule has 7 heteroatoms. The zero-order chi connectivity index (χ0) is 26.4. The number of carbonyl (C=O) groups is 1. The number of aliphatic hydroxyl groups is 3. The van der Waals surface area contributed by atoms with Crippen molar-refractivity contribution in [3.05, 3.63) is 0 Å². The fourth-order valence-electron chi connectivity index (χ4n) is 9.86. The summed E-state index contributed by atoms with van der Waals surface area (Å²) in [7, 11) is 0. The predicted octanol–water partition coefficient (Wildman–Crippen LogP) is 3.24. The average molecular weight is 522 g/mol. The molecule has 3 N–H and O–H groups in total. The highest BCUT2D eigenvalue weighted by Crippen LogP contribution is 2.68. The van der Waals surface area contributed by atoms with Crippen LogP contribution in [0.3, 0.4) is 0 Å². The molecule has 0 aromatic carbocycles. The number of aliphatic hydroxyl groups excluding tert-OH is 3. The first-order valence-corrected chi connectivity index (χ1v) is 15.1. The Balaban J connectivity index is 1.19. The lowest BCUT2D eigenvalue weighted by Gasteiger charge is -2.63. The summed E-state index contributed by atoms with van der Waals surface area (Å²) in [4.78, 5) is 14.8. The van der Waals surface area contributed by atoms with E-state index >= 15 is 0 Å². The van der Waals surface area contributed by atoms with Crippen molar-refractivity contribution in [2.45, 2.75) is 96.9 Å². The van der Waals surface area contributed by atoms with Gasteiger partial charge in [-0.15, -0.1) is 0 Å². The first-order valence-electron chi connectivity index (χ1n) is 15.1. The molecular weight excluding hydrogens is 470 g/mol. The molecule has 4 saturated carbocycles. The molecule has 11 atom stereocenters. The highest BCUT2D eigenvalue weighted by Gasteiger charge is 2.65. The second kappa shape index (κ2) is 11.0. The van der Waals surface area contributed by atoms with E-state index in [0.717, 1.165) is 84.2 Å². The third-order valence-corrected chi connectivity index (χ3v) is 12.1. The Kier molecular flexibility index (Phi) is 8.30. The van der Waals surface area contributed by atoms with Gasteiger partial charge in [-0.1, -0.05) is 20.8 Å². The van der Waals surface area contributed by atoms with E-state index in [1.807, 2.05) is 0 Å². The van der Waals surface area contributed by atoms with Gasteiger partial charge in [-0.05, 0) is 97.7 Å². The van der Waals surface area contributed by atoms with Gasteiger partial charge in [0.05, 0.1) is 31.5 Å². The van der Waals surface area contributed by atoms with Gasteiger partial charge in [0, 0.05) is 26.1 Å². The lowest BCUT2D eigenvalue weighted by molar-refractivity contribution is -0.207. The van der Waals surface area contributed by atoms with Crippen LogP contribution in [0.1, 0.15) is 78.6 Å². The quantitative estimate of drug-likeness (QED) is 0.442. The molecule has 0 radical (unpaired) electrons. The van der Waals surface area contributed by atoms with Crippen LogP contribution in [0.2, 0.25) is 0 Å². The van der Waals surface area contributed by atoms with Gasteiger partial charge in [0.15, 0.2) is 0 Å². The van der Waals surface area contributed by atoms with E-state index in [0.29, 0.717) is 42.6 Å². The van der Waals surface area contributed by atoms with E-state index in [9.17, 15) is 20.1 Å². The molecule has 0 aromatic rings. The number of morpholine rings is 1. The van der Waals surface area contributed by atoms with E-state index in [-0.39, 0.29) is 41.0 Å². The highest BCUT2D eigenvalue weighted by molar-refractivity contribution is 5.69. The largest absolute Gasteiger partial charge is 0.464 e. The number of hydrogen-bond donors (Lipinski definition) is 3. The number of nitrogens with zero attached hydrogens (tertiary/aromatic N) is 1. The van der Waals surface area contributed by atoms with Gasteiger partial charge >= 0.3 is 5.97 Å². The molecule has 37 heavy (non-hydrogen) atoms. The molecule has 7 nitrogen and oxygen atoms in total. The zero-order valence-corrected chi connectivity index (χ0v) is 23.3. The summed E-state index contributed by atoms with van der Waals surface area (Å²) >= 11 is 0. The monoisotopic (exact) mass is 521 g/mol. The highest BCUT2D eigenvalue weighted by atomic mass is 16.5. The van der Waals surface area contributed by atoms with Gasteiger partial charge in [0.25, 0.3) is 0 Å². The minimum atomic E-state index is -0.385. The van der Waals surface area contributed by atoms with Crippen molar-refractivity contribution in [2.75, 3.05) is 39.5 Å². The maximum Gasteiger partial charge on any atom is 0.305 e. The molecule has 4 aliphatic carbocycles. The van der Waals surface area contributed by atoms with Crippen molar-refractivity contribution in [2.24, 2.45) is 46.3 Å². The molecule has 0 bridgehead atoms. The Morgan fingerprint density at radius 3 is 2.57 bits per heavy atom. The molecule has 212 valence electrons. The average Bonchev–Trinajstić information content (AvgIpc) is 3.23. The van der Waals surface area contributed by atoms with Crippen molar-refractivity contribution in [1.82, 2.24) is 4.90 Å². The number of hydrogen-bond acceptors (Lipinski definition) is 7. The molecule has 5 fully saturated rings. The molecule has 1 saturated heterocycles. The van der Waals surface area contributed by atoms with Crippen LogP contribution in [0.5, 0.6) is 0 Å². The summed E-state index contributed by atoms with van der Waals surface area (Å²) in [5, 5.41) is 33.5. The predicted molar refractivity (Wildman–Crippen MR) is 141 cm³/mol. The maximum absolute atomic E-state index is 12.5. The minimum absolute atomic E-state index is 0.0973. The number of rotatable bonds is 7. The number of ether oxygens (including phenoxy) is 2. The maximum atomic E-state index is 12.5. The third-order valence-electron chi connectivity index (χ3n) is 12.1. The molecule has 4 unspecified atom stereocenters. The lowest BCUT2D eigenvalue weighted by atomic mass is 9.43. The fourth-order valence-corrected chi connectivity index (χ4v) is 9.86. The Hall–Kier alpha value is -0.730. The van der Waals surface area contributed by atoms with Gasteiger partial charge in [-0.25, -0.2) is 0 Å². The second-order valence-electron chi connectivity index (χ2n) is 13.7. The van der Waals surface area contributed by atoms with Gasteiger partial charge in [0.2, 0.25) is 0 Å². The summed E-state index contributed by atoms with van der Waals surface area (Å²) < 4.78 is 10.9. The van der Waals surface area contributed by atoms with Crippen LogP contribution < -0.4 is 0 Å². The van der Waals surface area contributed by atoms with Crippen LogP contribution in [0.15, 0.2) is 0 Å². The number of carbonyl (C=O) groups excluding carboxylic acids is 1. The van der Waals surface area contributed by atoms with Crippen LogP contribution >= 0.6 is 0 Å². The normalized spacial score (nSPS) is 47.0. The van der Waals surface area contributed by atoms with E-state index in [1.54, 1.807) is 0 Å². The van der Waals surface area contributed by atoms with Gasteiger partial charge in [-0.3, -0.25) is 9.69 Å². The summed E-state index contributed by atoms with van der Waals surface area (Å²) in [6.45, 7) is 11.4. The lowest BCUT2D eigenvalue weighted by Crippen LogP contribution is -2.62. The molecular formula is C30H51NO6. The first kappa shape index (κ1) is 27.8. The van der Waals surface area contributed by atoms with Crippen molar-refractivity contribution in [3.63, 3.8) is 0 Å². The Labute approximate surface area is 223 Å². The summed E-state index contributed by atoms with van der Waals surface area (Å²) in [5.74, 6) is 1.75. The molecule has 0 aromatic heterocycles. The van der Waals surface area contributed by atoms with Gasteiger partial charge < -0.3 is 24.8 Å². The fraction of sp³-hybridized carbons (Fsp3) is 0.967. The van der Waals surface area contributed by atoms with Crippen molar-refractivity contribution < 1.29 is 29.6 Å². The van der Waals surface area contributed by atoms with Crippen molar-refractivity contribution in [1.29, 1.82) is 0 Å².